The quantitative estimate of drug-likeness (QED) is 0.894. The third-order valence-electron chi connectivity index (χ3n) is 3.12. The minimum atomic E-state index is -0.233. The van der Waals surface area contributed by atoms with E-state index in [-0.39, 0.29) is 11.9 Å². The lowest BCUT2D eigenvalue weighted by molar-refractivity contribution is 0.355. The summed E-state index contributed by atoms with van der Waals surface area (Å²) in [6, 6.07) is 12.1. The molecule has 0 saturated carbocycles. The molecule has 3 nitrogen and oxygen atoms in total. The van der Waals surface area contributed by atoms with E-state index < -0.39 is 0 Å². The van der Waals surface area contributed by atoms with Gasteiger partial charge in [0.15, 0.2) is 11.5 Å². The number of hydrogen-bond acceptors (Lipinski definition) is 3. The predicted octanol–water partition coefficient (Wildman–Crippen LogP) is 4.02. The molecule has 0 aliphatic heterocycles. The van der Waals surface area contributed by atoms with Crippen molar-refractivity contribution in [3.05, 3.63) is 53.8 Å². The van der Waals surface area contributed by atoms with Crippen LogP contribution in [0.1, 0.15) is 18.5 Å². The molecule has 0 aliphatic carbocycles. The molecule has 20 heavy (non-hydrogen) atoms. The molecule has 1 atom stereocenters. The van der Waals surface area contributed by atoms with Crippen LogP contribution >= 0.6 is 0 Å². The molecular weight excluding hydrogens is 257 g/mol. The molecule has 1 N–H and O–H groups in total. The van der Waals surface area contributed by atoms with Crippen LogP contribution in [-0.2, 0) is 0 Å². The summed E-state index contributed by atoms with van der Waals surface area (Å²) in [7, 11) is 3.19. The minimum absolute atomic E-state index is 0.0104. The minimum Gasteiger partial charge on any atom is -0.493 e. The maximum Gasteiger partial charge on any atom is 0.162 e. The van der Waals surface area contributed by atoms with Crippen molar-refractivity contribution >= 4 is 5.69 Å². The molecule has 0 heterocycles. The second-order valence-corrected chi connectivity index (χ2v) is 4.49. The molecule has 106 valence electrons. The van der Waals surface area contributed by atoms with Gasteiger partial charge < -0.3 is 14.8 Å². The van der Waals surface area contributed by atoms with Gasteiger partial charge in [-0.2, -0.15) is 0 Å². The van der Waals surface area contributed by atoms with Crippen molar-refractivity contribution in [2.45, 2.75) is 13.0 Å². The fraction of sp³-hybridized carbons (Fsp3) is 0.250. The van der Waals surface area contributed by atoms with Gasteiger partial charge in [-0.15, -0.1) is 0 Å². The molecule has 0 radical (unpaired) electrons. The molecule has 4 heteroatoms. The Bertz CT molecular complexity index is 586. The van der Waals surface area contributed by atoms with Crippen LogP contribution in [0.2, 0.25) is 0 Å². The fourth-order valence-corrected chi connectivity index (χ4v) is 2.04. The van der Waals surface area contributed by atoms with E-state index in [2.05, 4.69) is 5.32 Å². The Balaban J connectivity index is 2.17. The average molecular weight is 275 g/mol. The van der Waals surface area contributed by atoms with Gasteiger partial charge in [0, 0.05) is 17.8 Å². The van der Waals surface area contributed by atoms with Gasteiger partial charge >= 0.3 is 0 Å². The highest BCUT2D eigenvalue weighted by Crippen LogP contribution is 2.31. The summed E-state index contributed by atoms with van der Waals surface area (Å²) in [5.41, 5.74) is 1.78. The summed E-state index contributed by atoms with van der Waals surface area (Å²) >= 11 is 0. The molecule has 0 fully saturated rings. The Morgan fingerprint density at radius 3 is 2.40 bits per heavy atom. The molecule has 2 aromatic carbocycles. The number of halogens is 1. The Hall–Kier alpha value is -2.23. The van der Waals surface area contributed by atoms with Gasteiger partial charge in [-0.25, -0.2) is 4.39 Å². The van der Waals surface area contributed by atoms with Gasteiger partial charge in [0.25, 0.3) is 0 Å². The second kappa shape index (κ2) is 6.28. The highest BCUT2D eigenvalue weighted by atomic mass is 19.1. The van der Waals surface area contributed by atoms with E-state index in [1.165, 1.54) is 12.1 Å². The van der Waals surface area contributed by atoms with E-state index >= 15 is 0 Å². The van der Waals surface area contributed by atoms with Crippen molar-refractivity contribution in [1.82, 2.24) is 0 Å². The number of anilines is 1. The van der Waals surface area contributed by atoms with Crippen molar-refractivity contribution in [1.29, 1.82) is 0 Å². The summed E-state index contributed by atoms with van der Waals surface area (Å²) < 4.78 is 23.7. The molecule has 1 unspecified atom stereocenters. The maximum atomic E-state index is 13.2. The molecule has 0 spiro atoms. The van der Waals surface area contributed by atoms with Crippen molar-refractivity contribution in [2.75, 3.05) is 19.5 Å². The zero-order chi connectivity index (χ0) is 14.5. The molecule has 2 rings (SSSR count). The largest absolute Gasteiger partial charge is 0.493 e. The van der Waals surface area contributed by atoms with Crippen LogP contribution in [-0.4, -0.2) is 14.2 Å². The normalized spacial score (nSPS) is 11.8. The van der Waals surface area contributed by atoms with E-state index in [9.17, 15) is 4.39 Å². The smallest absolute Gasteiger partial charge is 0.162 e. The molecule has 0 saturated heterocycles. The number of ether oxygens (including phenoxy) is 2. The van der Waals surface area contributed by atoms with E-state index in [4.69, 9.17) is 9.47 Å². The first-order valence-corrected chi connectivity index (χ1v) is 6.38. The molecule has 2 aromatic rings. The summed E-state index contributed by atoms with van der Waals surface area (Å²) in [5.74, 6) is 1.10. The molecule has 0 bridgehead atoms. The number of nitrogens with one attached hydrogen (secondary N) is 1. The first-order chi connectivity index (χ1) is 9.63. The highest BCUT2D eigenvalue weighted by molar-refractivity contribution is 5.55. The van der Waals surface area contributed by atoms with E-state index in [1.54, 1.807) is 20.3 Å². The Kier molecular flexibility index (Phi) is 4.45. The molecular formula is C16H18FNO2. The molecule has 0 amide bonds. The third-order valence-corrected chi connectivity index (χ3v) is 3.12. The van der Waals surface area contributed by atoms with Crippen LogP contribution < -0.4 is 14.8 Å². The summed E-state index contributed by atoms with van der Waals surface area (Å²) in [6.07, 6.45) is 0. The van der Waals surface area contributed by atoms with E-state index in [1.807, 2.05) is 31.2 Å². The van der Waals surface area contributed by atoms with Crippen molar-refractivity contribution < 1.29 is 13.9 Å². The first-order valence-electron chi connectivity index (χ1n) is 6.38. The Labute approximate surface area is 118 Å². The summed E-state index contributed by atoms with van der Waals surface area (Å²) in [6.45, 7) is 1.98. The Morgan fingerprint density at radius 2 is 1.75 bits per heavy atom. The van der Waals surface area contributed by atoms with Crippen molar-refractivity contribution in [2.24, 2.45) is 0 Å². The van der Waals surface area contributed by atoms with Crippen LogP contribution in [0.25, 0.3) is 0 Å². The average Bonchev–Trinajstić information content (AvgIpc) is 2.47. The van der Waals surface area contributed by atoms with E-state index in [0.29, 0.717) is 11.5 Å². The molecule has 0 aliphatic rings. The topological polar surface area (TPSA) is 30.5 Å². The van der Waals surface area contributed by atoms with Gasteiger partial charge in [0.1, 0.15) is 5.82 Å². The number of benzene rings is 2. The van der Waals surface area contributed by atoms with Crippen LogP contribution in [0.3, 0.4) is 0 Å². The molecule has 0 aromatic heterocycles. The third kappa shape index (κ3) is 3.20. The van der Waals surface area contributed by atoms with Gasteiger partial charge in [-0.1, -0.05) is 12.1 Å². The lowest BCUT2D eigenvalue weighted by Gasteiger charge is -2.17. The van der Waals surface area contributed by atoms with Crippen molar-refractivity contribution in [3.8, 4) is 11.5 Å². The van der Waals surface area contributed by atoms with E-state index in [0.717, 1.165) is 11.3 Å². The predicted molar refractivity (Wildman–Crippen MR) is 78.0 cm³/mol. The first kappa shape index (κ1) is 14.2. The number of rotatable bonds is 5. The van der Waals surface area contributed by atoms with Crippen LogP contribution in [0, 0.1) is 5.82 Å². The van der Waals surface area contributed by atoms with Crippen LogP contribution in [0.4, 0.5) is 10.1 Å². The van der Waals surface area contributed by atoms with Crippen LogP contribution in [0.5, 0.6) is 11.5 Å². The van der Waals surface area contributed by atoms with Gasteiger partial charge in [-0.3, -0.25) is 0 Å². The zero-order valence-corrected chi connectivity index (χ0v) is 11.8. The maximum absolute atomic E-state index is 13.2. The van der Waals surface area contributed by atoms with Gasteiger partial charge in [-0.05, 0) is 36.8 Å². The van der Waals surface area contributed by atoms with Crippen molar-refractivity contribution in [3.63, 3.8) is 0 Å². The monoisotopic (exact) mass is 275 g/mol. The number of hydrogen-bond donors (Lipinski definition) is 1. The fourth-order valence-electron chi connectivity index (χ4n) is 2.04. The van der Waals surface area contributed by atoms with Crippen LogP contribution in [0.15, 0.2) is 42.5 Å². The summed E-state index contributed by atoms with van der Waals surface area (Å²) in [4.78, 5) is 0. The second-order valence-electron chi connectivity index (χ2n) is 4.49. The lowest BCUT2D eigenvalue weighted by atomic mass is 10.1. The SMILES string of the molecule is COc1ccc(NC(C)c2cccc(F)c2)cc1OC. The standard InChI is InChI=1S/C16H18FNO2/c1-11(12-5-4-6-13(17)9-12)18-14-7-8-15(19-2)16(10-14)20-3/h4-11,18H,1-3H3. The van der Waals surface area contributed by atoms with Gasteiger partial charge in [0.2, 0.25) is 0 Å². The highest BCUT2D eigenvalue weighted by Gasteiger charge is 2.09. The Morgan fingerprint density at radius 1 is 1.00 bits per heavy atom. The lowest BCUT2D eigenvalue weighted by Crippen LogP contribution is -2.07. The number of methoxy groups -OCH3 is 2. The zero-order valence-electron chi connectivity index (χ0n) is 11.8. The van der Waals surface area contributed by atoms with Gasteiger partial charge in [0.05, 0.1) is 14.2 Å². The summed E-state index contributed by atoms with van der Waals surface area (Å²) in [5, 5.41) is 3.31.